The van der Waals surface area contributed by atoms with Crippen molar-refractivity contribution in [3.05, 3.63) is 23.8 Å². The summed E-state index contributed by atoms with van der Waals surface area (Å²) in [6.07, 6.45) is -0.0711. The van der Waals surface area contributed by atoms with Crippen LogP contribution in [0.15, 0.2) is 18.2 Å². The van der Waals surface area contributed by atoms with Crippen LogP contribution in [-0.2, 0) is 9.47 Å². The van der Waals surface area contributed by atoms with Crippen LogP contribution < -0.4 is 10.5 Å². The molecule has 21 heavy (non-hydrogen) atoms. The highest BCUT2D eigenvalue weighted by molar-refractivity contribution is 5.91. The zero-order chi connectivity index (χ0) is 15.2. The SMILES string of the molecule is CCN1CCOC(COC(=O)c2ccc(OC)c(N)c2)C1. The monoisotopic (exact) mass is 294 g/mol. The maximum atomic E-state index is 12.0. The van der Waals surface area contributed by atoms with E-state index in [1.54, 1.807) is 18.2 Å². The highest BCUT2D eigenvalue weighted by atomic mass is 16.6. The Morgan fingerprint density at radius 3 is 3.00 bits per heavy atom. The van der Waals surface area contributed by atoms with Gasteiger partial charge in [0.05, 0.1) is 25.0 Å². The Balaban J connectivity index is 1.88. The van der Waals surface area contributed by atoms with Crippen molar-refractivity contribution >= 4 is 11.7 Å². The van der Waals surface area contributed by atoms with E-state index < -0.39 is 5.97 Å². The number of carbonyl (C=O) groups is 1. The van der Waals surface area contributed by atoms with Crippen molar-refractivity contribution in [3.63, 3.8) is 0 Å². The summed E-state index contributed by atoms with van der Waals surface area (Å²) in [7, 11) is 1.53. The van der Waals surface area contributed by atoms with E-state index in [4.69, 9.17) is 19.9 Å². The Kier molecular flexibility index (Phi) is 5.41. The lowest BCUT2D eigenvalue weighted by molar-refractivity contribution is -0.0578. The Labute approximate surface area is 124 Å². The molecule has 1 fully saturated rings. The molecule has 0 aliphatic carbocycles. The predicted octanol–water partition coefficient (Wildman–Crippen LogP) is 1.15. The summed E-state index contributed by atoms with van der Waals surface area (Å²) >= 11 is 0. The smallest absolute Gasteiger partial charge is 0.338 e. The van der Waals surface area contributed by atoms with E-state index in [0.717, 1.165) is 19.6 Å². The topological polar surface area (TPSA) is 74.0 Å². The second-order valence-corrected chi connectivity index (χ2v) is 4.94. The molecule has 1 heterocycles. The number of esters is 1. The number of anilines is 1. The molecule has 0 spiro atoms. The van der Waals surface area contributed by atoms with Crippen LogP contribution in [-0.4, -0.2) is 56.9 Å². The molecule has 1 unspecified atom stereocenters. The molecule has 0 saturated carbocycles. The predicted molar refractivity (Wildman–Crippen MR) is 79.5 cm³/mol. The molecule has 1 aliphatic heterocycles. The van der Waals surface area contributed by atoms with Gasteiger partial charge in [0.2, 0.25) is 0 Å². The minimum absolute atomic E-state index is 0.0711. The van der Waals surface area contributed by atoms with E-state index in [1.165, 1.54) is 7.11 Å². The molecule has 2 rings (SSSR count). The molecule has 1 aromatic rings. The molecule has 1 aliphatic rings. The molecule has 1 atom stereocenters. The first kappa shape index (κ1) is 15.6. The quantitative estimate of drug-likeness (QED) is 0.649. The van der Waals surface area contributed by atoms with Gasteiger partial charge in [0, 0.05) is 13.1 Å². The average Bonchev–Trinajstić information content (AvgIpc) is 2.52. The largest absolute Gasteiger partial charge is 0.495 e. The molecule has 0 amide bonds. The van der Waals surface area contributed by atoms with Gasteiger partial charge < -0.3 is 19.9 Å². The summed E-state index contributed by atoms with van der Waals surface area (Å²) in [6, 6.07) is 4.85. The van der Waals surface area contributed by atoms with E-state index in [2.05, 4.69) is 11.8 Å². The third-order valence-corrected chi connectivity index (χ3v) is 3.54. The first-order valence-electron chi connectivity index (χ1n) is 7.08. The van der Waals surface area contributed by atoms with Crippen LogP contribution in [0.1, 0.15) is 17.3 Å². The maximum absolute atomic E-state index is 12.0. The molecule has 0 aromatic heterocycles. The summed E-state index contributed by atoms with van der Waals surface area (Å²) in [6.45, 7) is 5.72. The minimum Gasteiger partial charge on any atom is -0.495 e. The second-order valence-electron chi connectivity index (χ2n) is 4.94. The molecule has 1 aromatic carbocycles. The lowest BCUT2D eigenvalue weighted by Gasteiger charge is -2.31. The van der Waals surface area contributed by atoms with Gasteiger partial charge in [-0.3, -0.25) is 4.90 Å². The first-order valence-corrected chi connectivity index (χ1v) is 7.08. The number of carbonyl (C=O) groups excluding carboxylic acids is 1. The number of benzene rings is 1. The molecular weight excluding hydrogens is 272 g/mol. The molecule has 2 N–H and O–H groups in total. The third-order valence-electron chi connectivity index (χ3n) is 3.54. The van der Waals surface area contributed by atoms with Crippen LogP contribution >= 0.6 is 0 Å². The third kappa shape index (κ3) is 4.09. The highest BCUT2D eigenvalue weighted by Gasteiger charge is 2.21. The number of nitrogens with two attached hydrogens (primary N) is 1. The molecule has 0 radical (unpaired) electrons. The number of nitrogen functional groups attached to an aromatic ring is 1. The van der Waals surface area contributed by atoms with Gasteiger partial charge in [-0.2, -0.15) is 0 Å². The number of hydrogen-bond donors (Lipinski definition) is 1. The standard InChI is InChI=1S/C15H22N2O4/c1-3-17-6-7-20-12(9-17)10-21-15(18)11-4-5-14(19-2)13(16)8-11/h4-5,8,12H,3,6-7,9-10,16H2,1-2H3. The van der Waals surface area contributed by atoms with E-state index in [-0.39, 0.29) is 12.7 Å². The van der Waals surface area contributed by atoms with Crippen LogP contribution in [0.25, 0.3) is 0 Å². The van der Waals surface area contributed by atoms with Gasteiger partial charge in [0.25, 0.3) is 0 Å². The van der Waals surface area contributed by atoms with Gasteiger partial charge in [-0.15, -0.1) is 0 Å². The number of methoxy groups -OCH3 is 1. The highest BCUT2D eigenvalue weighted by Crippen LogP contribution is 2.22. The summed E-state index contributed by atoms with van der Waals surface area (Å²) in [5, 5.41) is 0. The van der Waals surface area contributed by atoms with Crippen molar-refractivity contribution < 1.29 is 19.0 Å². The lowest BCUT2D eigenvalue weighted by Crippen LogP contribution is -2.44. The number of nitrogens with zero attached hydrogens (tertiary/aromatic N) is 1. The van der Waals surface area contributed by atoms with Gasteiger partial charge in [-0.05, 0) is 24.7 Å². The second kappa shape index (κ2) is 7.28. The van der Waals surface area contributed by atoms with Crippen molar-refractivity contribution in [1.82, 2.24) is 4.90 Å². The van der Waals surface area contributed by atoms with Crippen molar-refractivity contribution in [2.24, 2.45) is 0 Å². The molecule has 0 bridgehead atoms. The van der Waals surface area contributed by atoms with Crippen molar-refractivity contribution in [3.8, 4) is 5.75 Å². The fraction of sp³-hybridized carbons (Fsp3) is 0.533. The van der Waals surface area contributed by atoms with Gasteiger partial charge in [-0.1, -0.05) is 6.92 Å². The van der Waals surface area contributed by atoms with E-state index in [0.29, 0.717) is 23.6 Å². The number of morpholine rings is 1. The molecular formula is C15H22N2O4. The summed E-state index contributed by atoms with van der Waals surface area (Å²) in [5.41, 5.74) is 6.61. The Morgan fingerprint density at radius 1 is 1.52 bits per heavy atom. The Hall–Kier alpha value is -1.79. The minimum atomic E-state index is -0.401. The number of hydrogen-bond acceptors (Lipinski definition) is 6. The lowest BCUT2D eigenvalue weighted by atomic mass is 10.2. The van der Waals surface area contributed by atoms with Crippen molar-refractivity contribution in [2.75, 3.05) is 45.7 Å². The fourth-order valence-electron chi connectivity index (χ4n) is 2.28. The summed E-state index contributed by atoms with van der Waals surface area (Å²) in [5.74, 6) is 0.141. The van der Waals surface area contributed by atoms with E-state index in [1.807, 2.05) is 0 Å². The normalized spacial score (nSPS) is 19.2. The van der Waals surface area contributed by atoms with Crippen LogP contribution in [0.2, 0.25) is 0 Å². The van der Waals surface area contributed by atoms with Gasteiger partial charge in [0.15, 0.2) is 0 Å². The van der Waals surface area contributed by atoms with Gasteiger partial charge in [0.1, 0.15) is 18.5 Å². The van der Waals surface area contributed by atoms with Gasteiger partial charge in [-0.25, -0.2) is 4.79 Å². The number of rotatable bonds is 5. The van der Waals surface area contributed by atoms with Crippen LogP contribution in [0.4, 0.5) is 5.69 Å². The molecule has 116 valence electrons. The number of likely N-dealkylation sites (N-methyl/N-ethyl adjacent to an activating group) is 1. The zero-order valence-corrected chi connectivity index (χ0v) is 12.5. The molecule has 6 heteroatoms. The first-order chi connectivity index (χ1) is 10.1. The van der Waals surface area contributed by atoms with Crippen molar-refractivity contribution in [1.29, 1.82) is 0 Å². The van der Waals surface area contributed by atoms with E-state index >= 15 is 0 Å². The van der Waals surface area contributed by atoms with Crippen LogP contribution in [0, 0.1) is 0 Å². The maximum Gasteiger partial charge on any atom is 0.338 e. The van der Waals surface area contributed by atoms with E-state index in [9.17, 15) is 4.79 Å². The molecule has 1 saturated heterocycles. The zero-order valence-electron chi connectivity index (χ0n) is 12.5. The van der Waals surface area contributed by atoms with Crippen molar-refractivity contribution in [2.45, 2.75) is 13.0 Å². The summed E-state index contributed by atoms with van der Waals surface area (Å²) in [4.78, 5) is 14.3. The fourth-order valence-corrected chi connectivity index (χ4v) is 2.28. The molecule has 6 nitrogen and oxygen atoms in total. The van der Waals surface area contributed by atoms with Crippen LogP contribution in [0.3, 0.4) is 0 Å². The Bertz CT molecular complexity index is 493. The number of ether oxygens (including phenoxy) is 3. The van der Waals surface area contributed by atoms with Gasteiger partial charge >= 0.3 is 5.97 Å². The summed E-state index contributed by atoms with van der Waals surface area (Å²) < 4.78 is 16.0. The average molecular weight is 294 g/mol. The van der Waals surface area contributed by atoms with Crippen LogP contribution in [0.5, 0.6) is 5.75 Å². The Morgan fingerprint density at radius 2 is 2.33 bits per heavy atom.